The van der Waals surface area contributed by atoms with E-state index in [0.717, 1.165) is 11.3 Å². The molecule has 7 nitrogen and oxygen atoms in total. The summed E-state index contributed by atoms with van der Waals surface area (Å²) < 4.78 is 38.1. The second kappa shape index (κ2) is 8.55. The van der Waals surface area contributed by atoms with E-state index in [2.05, 4.69) is 14.7 Å². The van der Waals surface area contributed by atoms with Gasteiger partial charge >= 0.3 is 0 Å². The molecule has 1 aromatic heterocycles. The lowest BCUT2D eigenvalue weighted by Gasteiger charge is -2.11. The second-order valence-corrected chi connectivity index (χ2v) is 7.91. The van der Waals surface area contributed by atoms with Crippen molar-refractivity contribution in [3.8, 4) is 22.8 Å². The van der Waals surface area contributed by atoms with Crippen molar-refractivity contribution in [2.45, 2.75) is 11.4 Å². The maximum atomic E-state index is 12.7. The number of ether oxygens (including phenoxy) is 2. The van der Waals surface area contributed by atoms with Crippen LogP contribution in [0.3, 0.4) is 0 Å². The van der Waals surface area contributed by atoms with Gasteiger partial charge in [-0.1, -0.05) is 11.6 Å². The summed E-state index contributed by atoms with van der Waals surface area (Å²) in [7, 11) is -0.854. The fraction of sp³-hybridized carbons (Fsp3) is 0.158. The summed E-state index contributed by atoms with van der Waals surface area (Å²) in [6, 6.07) is 13.5. The van der Waals surface area contributed by atoms with Gasteiger partial charge in [0.25, 0.3) is 0 Å². The molecule has 0 unspecified atom stereocenters. The molecule has 0 spiro atoms. The number of hydrogen-bond donors (Lipinski definition) is 1. The van der Waals surface area contributed by atoms with E-state index in [0.29, 0.717) is 16.4 Å². The molecule has 2 aromatic carbocycles. The van der Waals surface area contributed by atoms with E-state index in [-0.39, 0.29) is 17.2 Å². The summed E-state index contributed by atoms with van der Waals surface area (Å²) in [5, 5.41) is 0.296. The number of nitrogens with one attached hydrogen (secondary N) is 1. The highest BCUT2D eigenvalue weighted by Crippen LogP contribution is 2.27. The van der Waals surface area contributed by atoms with E-state index in [1.165, 1.54) is 25.6 Å². The van der Waals surface area contributed by atoms with Crippen LogP contribution in [0.5, 0.6) is 11.5 Å². The average Bonchev–Trinajstić information content (AvgIpc) is 2.72. The number of sulfonamides is 1. The van der Waals surface area contributed by atoms with Crippen LogP contribution in [0, 0.1) is 0 Å². The summed E-state index contributed by atoms with van der Waals surface area (Å²) in [4.78, 5) is 8.34. The van der Waals surface area contributed by atoms with Crippen molar-refractivity contribution in [1.82, 2.24) is 14.7 Å². The van der Waals surface area contributed by atoms with Gasteiger partial charge in [0.15, 0.2) is 0 Å². The Hall–Kier alpha value is -2.68. The predicted octanol–water partition coefficient (Wildman–Crippen LogP) is 3.29. The van der Waals surface area contributed by atoms with E-state index >= 15 is 0 Å². The third-order valence-corrected chi connectivity index (χ3v) is 5.63. The Balaban J connectivity index is 1.80. The number of benzene rings is 2. The van der Waals surface area contributed by atoms with Crippen LogP contribution in [0.4, 0.5) is 0 Å². The zero-order valence-corrected chi connectivity index (χ0v) is 16.8. The van der Waals surface area contributed by atoms with Crippen LogP contribution >= 0.6 is 11.6 Å². The van der Waals surface area contributed by atoms with Crippen molar-refractivity contribution in [2.24, 2.45) is 0 Å². The molecular formula is C19H18ClN3O4S. The number of nitrogens with zero attached hydrogens (tertiary/aromatic N) is 2. The van der Waals surface area contributed by atoms with Gasteiger partial charge in [-0.15, -0.1) is 0 Å². The molecule has 0 aliphatic heterocycles. The summed E-state index contributed by atoms with van der Waals surface area (Å²) in [5.41, 5.74) is 2.06. The van der Waals surface area contributed by atoms with Crippen molar-refractivity contribution in [3.63, 3.8) is 0 Å². The zero-order valence-electron chi connectivity index (χ0n) is 15.2. The Bertz CT molecular complexity index is 1070. The first-order valence-electron chi connectivity index (χ1n) is 8.21. The highest BCUT2D eigenvalue weighted by molar-refractivity contribution is 7.89. The molecule has 0 saturated carbocycles. The second-order valence-electron chi connectivity index (χ2n) is 5.74. The SMILES string of the molecule is COc1ccc(-c2cc(CNS(=O)(=O)c3cc(Cl)ccc3OC)ncn2)cc1. The Morgan fingerprint density at radius 3 is 2.43 bits per heavy atom. The van der Waals surface area contributed by atoms with Crippen molar-refractivity contribution >= 4 is 21.6 Å². The highest BCUT2D eigenvalue weighted by atomic mass is 35.5. The summed E-state index contributed by atoms with van der Waals surface area (Å²) in [6.45, 7) is -0.0102. The molecule has 3 aromatic rings. The predicted molar refractivity (Wildman–Crippen MR) is 106 cm³/mol. The molecule has 0 atom stereocenters. The fourth-order valence-corrected chi connectivity index (χ4v) is 3.95. The third-order valence-electron chi connectivity index (χ3n) is 3.97. The van der Waals surface area contributed by atoms with Gasteiger partial charge in [-0.25, -0.2) is 23.1 Å². The molecule has 0 aliphatic rings. The van der Waals surface area contributed by atoms with E-state index < -0.39 is 10.0 Å². The average molecular weight is 420 g/mol. The summed E-state index contributed by atoms with van der Waals surface area (Å²) in [5.74, 6) is 0.944. The zero-order chi connectivity index (χ0) is 20.1. The van der Waals surface area contributed by atoms with Crippen molar-refractivity contribution in [2.75, 3.05) is 14.2 Å². The van der Waals surface area contributed by atoms with Crippen LogP contribution in [-0.4, -0.2) is 32.6 Å². The van der Waals surface area contributed by atoms with Gasteiger partial charge in [0.1, 0.15) is 22.7 Å². The smallest absolute Gasteiger partial charge is 0.244 e. The number of hydrogen-bond acceptors (Lipinski definition) is 6. The molecule has 146 valence electrons. The van der Waals surface area contributed by atoms with Crippen molar-refractivity contribution < 1.29 is 17.9 Å². The van der Waals surface area contributed by atoms with Gasteiger partial charge in [-0.3, -0.25) is 0 Å². The minimum Gasteiger partial charge on any atom is -0.497 e. The number of rotatable bonds is 7. The largest absolute Gasteiger partial charge is 0.497 e. The molecule has 1 heterocycles. The van der Waals surface area contributed by atoms with Gasteiger partial charge in [0.2, 0.25) is 10.0 Å². The lowest BCUT2D eigenvalue weighted by molar-refractivity contribution is 0.402. The molecule has 3 rings (SSSR count). The molecule has 0 amide bonds. The molecule has 0 radical (unpaired) electrons. The lowest BCUT2D eigenvalue weighted by Crippen LogP contribution is -2.24. The van der Waals surface area contributed by atoms with E-state index in [4.69, 9.17) is 21.1 Å². The normalized spacial score (nSPS) is 11.2. The Labute approximate surface area is 168 Å². The minimum atomic E-state index is -3.85. The summed E-state index contributed by atoms with van der Waals surface area (Å²) in [6.07, 6.45) is 1.39. The number of methoxy groups -OCH3 is 2. The highest BCUT2D eigenvalue weighted by Gasteiger charge is 2.20. The molecule has 0 saturated heterocycles. The maximum absolute atomic E-state index is 12.7. The topological polar surface area (TPSA) is 90.4 Å². The van der Waals surface area contributed by atoms with Crippen LogP contribution in [0.1, 0.15) is 5.69 Å². The molecule has 0 aliphatic carbocycles. The lowest BCUT2D eigenvalue weighted by atomic mass is 10.1. The molecule has 1 N–H and O–H groups in total. The van der Waals surface area contributed by atoms with Gasteiger partial charge in [-0.05, 0) is 48.5 Å². The third kappa shape index (κ3) is 4.59. The maximum Gasteiger partial charge on any atom is 0.244 e. The van der Waals surface area contributed by atoms with Crippen LogP contribution in [0.2, 0.25) is 5.02 Å². The van der Waals surface area contributed by atoms with Gasteiger partial charge in [0.05, 0.1) is 32.2 Å². The Morgan fingerprint density at radius 1 is 1.00 bits per heavy atom. The van der Waals surface area contributed by atoms with Gasteiger partial charge in [0, 0.05) is 10.6 Å². The quantitative estimate of drug-likeness (QED) is 0.632. The molecular weight excluding hydrogens is 402 g/mol. The monoisotopic (exact) mass is 419 g/mol. The van der Waals surface area contributed by atoms with E-state index in [1.807, 2.05) is 24.3 Å². The van der Waals surface area contributed by atoms with Crippen molar-refractivity contribution in [3.05, 3.63) is 65.6 Å². The fourth-order valence-electron chi connectivity index (χ4n) is 2.52. The van der Waals surface area contributed by atoms with Crippen LogP contribution in [0.15, 0.2) is 59.8 Å². The summed E-state index contributed by atoms with van der Waals surface area (Å²) >= 11 is 5.93. The number of aromatic nitrogens is 2. The van der Waals surface area contributed by atoms with Crippen LogP contribution < -0.4 is 14.2 Å². The first-order chi connectivity index (χ1) is 13.4. The molecule has 9 heteroatoms. The van der Waals surface area contributed by atoms with Gasteiger partial charge in [-0.2, -0.15) is 0 Å². The standard InChI is InChI=1S/C19H18ClN3O4S/c1-26-16-6-3-13(4-7-16)17-10-15(21-12-22-17)11-23-28(24,25)19-9-14(20)5-8-18(19)27-2/h3-10,12,23H,11H2,1-2H3. The van der Waals surface area contributed by atoms with E-state index in [9.17, 15) is 8.42 Å². The number of halogens is 1. The van der Waals surface area contributed by atoms with E-state index in [1.54, 1.807) is 19.2 Å². The molecule has 0 bridgehead atoms. The molecule has 28 heavy (non-hydrogen) atoms. The van der Waals surface area contributed by atoms with Crippen molar-refractivity contribution in [1.29, 1.82) is 0 Å². The van der Waals surface area contributed by atoms with Crippen LogP contribution in [-0.2, 0) is 16.6 Å². The Kier molecular flexibility index (Phi) is 6.13. The van der Waals surface area contributed by atoms with Crippen LogP contribution in [0.25, 0.3) is 11.3 Å². The minimum absolute atomic E-state index is 0.0102. The first kappa shape index (κ1) is 20.1. The Morgan fingerprint density at radius 2 is 1.75 bits per heavy atom. The van der Waals surface area contributed by atoms with Gasteiger partial charge < -0.3 is 9.47 Å². The molecule has 0 fully saturated rings. The first-order valence-corrected chi connectivity index (χ1v) is 10.1.